The SMILES string of the molecule is O=C(O)/C=C/OC(O)O. The lowest BCUT2D eigenvalue weighted by atomic mass is 10.6. The predicted molar refractivity (Wildman–Crippen MR) is 26.1 cm³/mol. The smallest absolute Gasteiger partial charge is 0.331 e. The molecule has 0 unspecified atom stereocenters. The van der Waals surface area contributed by atoms with E-state index in [-0.39, 0.29) is 0 Å². The molecular formula is C4H6O5. The summed E-state index contributed by atoms with van der Waals surface area (Å²) >= 11 is 0. The van der Waals surface area contributed by atoms with E-state index in [9.17, 15) is 4.79 Å². The molecule has 0 saturated heterocycles. The summed E-state index contributed by atoms with van der Waals surface area (Å²) in [4.78, 5) is 9.65. The summed E-state index contributed by atoms with van der Waals surface area (Å²) in [5, 5.41) is 23.8. The van der Waals surface area contributed by atoms with Gasteiger partial charge < -0.3 is 20.1 Å². The fourth-order valence-corrected chi connectivity index (χ4v) is 0.168. The van der Waals surface area contributed by atoms with Crippen molar-refractivity contribution in [3.05, 3.63) is 12.3 Å². The molecule has 0 aromatic carbocycles. The van der Waals surface area contributed by atoms with Gasteiger partial charge in [-0.05, 0) is 0 Å². The predicted octanol–water partition coefficient (Wildman–Crippen LogP) is -1.13. The van der Waals surface area contributed by atoms with Crippen molar-refractivity contribution >= 4 is 5.97 Å². The minimum absolute atomic E-state index is 0.638. The Hall–Kier alpha value is -1.07. The van der Waals surface area contributed by atoms with Crippen LogP contribution in [0.5, 0.6) is 0 Å². The molecule has 0 rings (SSSR count). The van der Waals surface area contributed by atoms with Gasteiger partial charge in [0.1, 0.15) is 0 Å². The van der Waals surface area contributed by atoms with Crippen LogP contribution in [0.3, 0.4) is 0 Å². The van der Waals surface area contributed by atoms with Crippen molar-refractivity contribution in [2.45, 2.75) is 6.48 Å². The highest BCUT2D eigenvalue weighted by molar-refractivity contribution is 5.79. The van der Waals surface area contributed by atoms with Crippen LogP contribution in [-0.2, 0) is 9.53 Å². The van der Waals surface area contributed by atoms with Crippen LogP contribution in [0.1, 0.15) is 0 Å². The molecule has 0 bridgehead atoms. The molecule has 0 heterocycles. The average Bonchev–Trinajstić information content (AvgIpc) is 1.63. The van der Waals surface area contributed by atoms with Crippen molar-refractivity contribution < 1.29 is 24.9 Å². The van der Waals surface area contributed by atoms with E-state index in [4.69, 9.17) is 15.3 Å². The minimum atomic E-state index is -1.96. The molecule has 0 aromatic heterocycles. The highest BCUT2D eigenvalue weighted by atomic mass is 16.7. The number of carboxylic acid groups (broad SMARTS) is 1. The summed E-state index contributed by atoms with van der Waals surface area (Å²) in [5.74, 6) is -1.21. The molecule has 3 N–H and O–H groups in total. The van der Waals surface area contributed by atoms with Crippen LogP contribution in [-0.4, -0.2) is 27.8 Å². The van der Waals surface area contributed by atoms with Crippen LogP contribution >= 0.6 is 0 Å². The maximum atomic E-state index is 9.65. The van der Waals surface area contributed by atoms with E-state index in [0.717, 1.165) is 0 Å². The molecular weight excluding hydrogens is 128 g/mol. The Labute approximate surface area is 50.8 Å². The van der Waals surface area contributed by atoms with Crippen LogP contribution in [0.2, 0.25) is 0 Å². The number of aliphatic carboxylic acids is 1. The number of hydrogen-bond acceptors (Lipinski definition) is 4. The van der Waals surface area contributed by atoms with Gasteiger partial charge in [0, 0.05) is 0 Å². The van der Waals surface area contributed by atoms with Crippen molar-refractivity contribution in [1.82, 2.24) is 0 Å². The minimum Gasteiger partial charge on any atom is -0.478 e. The van der Waals surface area contributed by atoms with Gasteiger partial charge >= 0.3 is 12.4 Å². The van der Waals surface area contributed by atoms with Gasteiger partial charge in [0.25, 0.3) is 0 Å². The molecule has 0 aromatic rings. The monoisotopic (exact) mass is 134 g/mol. The molecule has 0 aliphatic rings. The molecule has 0 aliphatic carbocycles. The van der Waals surface area contributed by atoms with Crippen LogP contribution < -0.4 is 0 Å². The van der Waals surface area contributed by atoms with Gasteiger partial charge in [-0.2, -0.15) is 0 Å². The normalized spacial score (nSPS) is 10.6. The average molecular weight is 134 g/mol. The van der Waals surface area contributed by atoms with E-state index >= 15 is 0 Å². The van der Waals surface area contributed by atoms with E-state index < -0.39 is 12.4 Å². The number of aliphatic hydroxyl groups is 2. The Balaban J connectivity index is 3.36. The highest BCUT2D eigenvalue weighted by Gasteiger charge is 1.90. The zero-order valence-electron chi connectivity index (χ0n) is 4.39. The third-order valence-corrected chi connectivity index (χ3v) is 0.411. The topological polar surface area (TPSA) is 87.0 Å². The zero-order chi connectivity index (χ0) is 7.28. The first-order valence-electron chi connectivity index (χ1n) is 2.04. The van der Waals surface area contributed by atoms with E-state index in [2.05, 4.69) is 4.74 Å². The first kappa shape index (κ1) is 7.93. The summed E-state index contributed by atoms with van der Waals surface area (Å²) < 4.78 is 3.90. The Morgan fingerprint density at radius 2 is 2.11 bits per heavy atom. The molecule has 0 aliphatic heterocycles. The standard InChI is InChI=1S/C4H6O5/c5-3(6)1-2-9-4(7)8/h1-2,4,7-8H,(H,5,6)/b2-1+. The van der Waals surface area contributed by atoms with Gasteiger partial charge in [-0.1, -0.05) is 0 Å². The molecule has 0 saturated carbocycles. The molecule has 9 heavy (non-hydrogen) atoms. The van der Waals surface area contributed by atoms with Crippen molar-refractivity contribution in [3.8, 4) is 0 Å². The van der Waals surface area contributed by atoms with Gasteiger partial charge in [-0.3, -0.25) is 0 Å². The molecule has 5 nitrogen and oxygen atoms in total. The number of hydrogen-bond donors (Lipinski definition) is 3. The van der Waals surface area contributed by atoms with Crippen LogP contribution in [0.4, 0.5) is 0 Å². The molecule has 5 heteroatoms. The summed E-state index contributed by atoms with van der Waals surface area (Å²) in [6, 6.07) is 0. The van der Waals surface area contributed by atoms with E-state index in [1.54, 1.807) is 0 Å². The Bertz CT molecular complexity index is 116. The lowest BCUT2D eigenvalue weighted by Gasteiger charge is -1.98. The second kappa shape index (κ2) is 3.88. The fourth-order valence-electron chi connectivity index (χ4n) is 0.168. The summed E-state index contributed by atoms with van der Waals surface area (Å²) in [6.45, 7) is -1.96. The maximum absolute atomic E-state index is 9.65. The van der Waals surface area contributed by atoms with Crippen molar-refractivity contribution in [2.75, 3.05) is 0 Å². The van der Waals surface area contributed by atoms with E-state index in [0.29, 0.717) is 12.3 Å². The Kier molecular flexibility index (Phi) is 3.41. The van der Waals surface area contributed by atoms with Crippen molar-refractivity contribution in [2.24, 2.45) is 0 Å². The largest absolute Gasteiger partial charge is 0.478 e. The summed E-state index contributed by atoms with van der Waals surface area (Å²) in [6.07, 6.45) is 1.31. The molecule has 0 spiro atoms. The third-order valence-electron chi connectivity index (χ3n) is 0.411. The lowest BCUT2D eigenvalue weighted by molar-refractivity contribution is -0.203. The number of rotatable bonds is 3. The van der Waals surface area contributed by atoms with Crippen molar-refractivity contribution in [3.63, 3.8) is 0 Å². The second-order valence-corrected chi connectivity index (χ2v) is 1.10. The Morgan fingerprint density at radius 1 is 1.56 bits per heavy atom. The molecule has 0 fully saturated rings. The van der Waals surface area contributed by atoms with Gasteiger partial charge in [0.2, 0.25) is 0 Å². The van der Waals surface area contributed by atoms with Gasteiger partial charge in [0.05, 0.1) is 12.3 Å². The fraction of sp³-hybridized carbons (Fsp3) is 0.250. The van der Waals surface area contributed by atoms with E-state index in [1.807, 2.05) is 0 Å². The number of ether oxygens (including phenoxy) is 1. The van der Waals surface area contributed by atoms with Gasteiger partial charge in [-0.15, -0.1) is 0 Å². The third kappa shape index (κ3) is 6.93. The van der Waals surface area contributed by atoms with E-state index in [1.165, 1.54) is 0 Å². The number of carboxylic acids is 1. The second-order valence-electron chi connectivity index (χ2n) is 1.10. The summed E-state index contributed by atoms with van der Waals surface area (Å²) in [7, 11) is 0. The van der Waals surface area contributed by atoms with Gasteiger partial charge in [-0.25, -0.2) is 4.79 Å². The van der Waals surface area contributed by atoms with Crippen molar-refractivity contribution in [1.29, 1.82) is 0 Å². The lowest BCUT2D eigenvalue weighted by Crippen LogP contribution is -2.05. The summed E-state index contributed by atoms with van der Waals surface area (Å²) in [5.41, 5.74) is 0. The Morgan fingerprint density at radius 3 is 2.44 bits per heavy atom. The molecule has 0 atom stereocenters. The quantitative estimate of drug-likeness (QED) is 0.258. The molecule has 0 amide bonds. The number of carbonyl (C=O) groups is 1. The zero-order valence-corrected chi connectivity index (χ0v) is 4.39. The highest BCUT2D eigenvalue weighted by Crippen LogP contribution is 1.81. The number of aliphatic hydroxyl groups excluding tert-OH is 1. The molecule has 0 radical (unpaired) electrons. The first-order chi connectivity index (χ1) is 4.13. The first-order valence-corrected chi connectivity index (χ1v) is 2.04. The van der Waals surface area contributed by atoms with Crippen LogP contribution in [0.25, 0.3) is 0 Å². The molecule has 52 valence electrons. The maximum Gasteiger partial charge on any atom is 0.331 e. The van der Waals surface area contributed by atoms with Crippen LogP contribution in [0.15, 0.2) is 12.3 Å². The van der Waals surface area contributed by atoms with Crippen LogP contribution in [0, 0.1) is 0 Å². The van der Waals surface area contributed by atoms with Gasteiger partial charge in [0.15, 0.2) is 0 Å².